The molecule has 0 aliphatic carbocycles. The van der Waals surface area contributed by atoms with E-state index in [2.05, 4.69) is 5.32 Å². The molecule has 4 heteroatoms. The zero-order chi connectivity index (χ0) is 11.7. The molecule has 0 unspecified atom stereocenters. The summed E-state index contributed by atoms with van der Waals surface area (Å²) in [6, 6.07) is 5.60. The maximum absolute atomic E-state index is 11.5. The Kier molecular flexibility index (Phi) is 2.64. The van der Waals surface area contributed by atoms with Gasteiger partial charge in [0.25, 0.3) is 0 Å². The molecule has 16 heavy (non-hydrogen) atoms. The van der Waals surface area contributed by atoms with E-state index in [0.717, 1.165) is 17.7 Å². The molecule has 1 aromatic rings. The van der Waals surface area contributed by atoms with Crippen molar-refractivity contribution in [2.75, 3.05) is 16.8 Å². The van der Waals surface area contributed by atoms with Gasteiger partial charge in [-0.05, 0) is 32.0 Å². The minimum atomic E-state index is -0.0377. The maximum atomic E-state index is 11.5. The second-order valence-electron chi connectivity index (χ2n) is 4.16. The van der Waals surface area contributed by atoms with E-state index in [1.54, 1.807) is 12.1 Å². The number of aldehydes is 1. The van der Waals surface area contributed by atoms with Gasteiger partial charge < -0.3 is 10.2 Å². The number of carbonyl (C=O) groups excluding carboxylic acids is 2. The summed E-state index contributed by atoms with van der Waals surface area (Å²) >= 11 is 0. The van der Waals surface area contributed by atoms with E-state index in [1.807, 2.05) is 24.8 Å². The van der Waals surface area contributed by atoms with Crippen LogP contribution in [0.5, 0.6) is 0 Å². The number of nitrogens with one attached hydrogen (secondary N) is 1. The summed E-state index contributed by atoms with van der Waals surface area (Å²) in [7, 11) is 0. The first-order valence-electron chi connectivity index (χ1n) is 5.27. The second kappa shape index (κ2) is 3.96. The number of hydrogen-bond acceptors (Lipinski definition) is 3. The summed E-state index contributed by atoms with van der Waals surface area (Å²) in [4.78, 5) is 24.2. The predicted octanol–water partition coefficient (Wildman–Crippen LogP) is 1.67. The molecule has 1 aliphatic rings. The van der Waals surface area contributed by atoms with Gasteiger partial charge in [0.15, 0.2) is 0 Å². The van der Waals surface area contributed by atoms with Gasteiger partial charge in [0.2, 0.25) is 5.91 Å². The van der Waals surface area contributed by atoms with E-state index in [9.17, 15) is 9.59 Å². The van der Waals surface area contributed by atoms with Crippen molar-refractivity contribution < 1.29 is 9.59 Å². The van der Waals surface area contributed by atoms with Crippen LogP contribution in [0, 0.1) is 0 Å². The molecule has 0 radical (unpaired) electrons. The Labute approximate surface area is 94.2 Å². The first-order valence-corrected chi connectivity index (χ1v) is 5.27. The van der Waals surface area contributed by atoms with E-state index < -0.39 is 0 Å². The summed E-state index contributed by atoms with van der Waals surface area (Å²) < 4.78 is 0. The first-order chi connectivity index (χ1) is 7.61. The first kappa shape index (κ1) is 10.7. The smallest absolute Gasteiger partial charge is 0.243 e. The van der Waals surface area contributed by atoms with Gasteiger partial charge in [-0.25, -0.2) is 0 Å². The number of hydrogen-bond donors (Lipinski definition) is 1. The SMILES string of the molecule is CC(C)N1CC(=O)Nc2cc(C=O)ccc21. The van der Waals surface area contributed by atoms with E-state index >= 15 is 0 Å². The number of amides is 1. The number of benzene rings is 1. The molecule has 0 saturated heterocycles. The van der Waals surface area contributed by atoms with Crippen LogP contribution in [-0.2, 0) is 4.79 Å². The van der Waals surface area contributed by atoms with Crippen molar-refractivity contribution in [3.63, 3.8) is 0 Å². The number of fused-ring (bicyclic) bond motifs is 1. The van der Waals surface area contributed by atoms with Crippen molar-refractivity contribution in [2.24, 2.45) is 0 Å². The third kappa shape index (κ3) is 1.78. The highest BCUT2D eigenvalue weighted by atomic mass is 16.2. The lowest BCUT2D eigenvalue weighted by atomic mass is 10.1. The van der Waals surface area contributed by atoms with Crippen molar-refractivity contribution in [1.29, 1.82) is 0 Å². The van der Waals surface area contributed by atoms with Gasteiger partial charge in [-0.1, -0.05) is 0 Å². The molecule has 1 N–H and O–H groups in total. The van der Waals surface area contributed by atoms with Gasteiger partial charge in [0, 0.05) is 11.6 Å². The average molecular weight is 218 g/mol. The molecule has 0 aromatic heterocycles. The molecule has 0 fully saturated rings. The summed E-state index contributed by atoms with van der Waals surface area (Å²) in [5.41, 5.74) is 2.26. The van der Waals surface area contributed by atoms with Crippen LogP contribution in [0.25, 0.3) is 0 Å². The summed E-state index contributed by atoms with van der Waals surface area (Å²) in [6.07, 6.45) is 0.779. The summed E-state index contributed by atoms with van der Waals surface area (Å²) in [5, 5.41) is 2.78. The van der Waals surface area contributed by atoms with Crippen molar-refractivity contribution in [1.82, 2.24) is 0 Å². The molecular formula is C12H14N2O2. The number of rotatable bonds is 2. The molecule has 4 nitrogen and oxygen atoms in total. The van der Waals surface area contributed by atoms with Crippen molar-refractivity contribution in [3.05, 3.63) is 23.8 Å². The van der Waals surface area contributed by atoms with Crippen LogP contribution in [0.2, 0.25) is 0 Å². The largest absolute Gasteiger partial charge is 0.358 e. The summed E-state index contributed by atoms with van der Waals surface area (Å²) in [6.45, 7) is 4.44. The Morgan fingerprint density at radius 3 is 2.81 bits per heavy atom. The van der Waals surface area contributed by atoms with Gasteiger partial charge >= 0.3 is 0 Å². The predicted molar refractivity (Wildman–Crippen MR) is 62.9 cm³/mol. The van der Waals surface area contributed by atoms with Crippen LogP contribution >= 0.6 is 0 Å². The fourth-order valence-electron chi connectivity index (χ4n) is 1.87. The van der Waals surface area contributed by atoms with Crippen molar-refractivity contribution in [3.8, 4) is 0 Å². The zero-order valence-corrected chi connectivity index (χ0v) is 9.36. The third-order valence-corrected chi connectivity index (χ3v) is 2.68. The highest BCUT2D eigenvalue weighted by Crippen LogP contribution is 2.31. The van der Waals surface area contributed by atoms with Crippen LogP contribution < -0.4 is 10.2 Å². The molecule has 2 rings (SSSR count). The monoisotopic (exact) mass is 218 g/mol. The molecule has 0 atom stereocenters. The Balaban J connectivity index is 2.47. The Morgan fingerprint density at radius 2 is 2.19 bits per heavy atom. The minimum absolute atomic E-state index is 0.0377. The van der Waals surface area contributed by atoms with Crippen LogP contribution in [0.3, 0.4) is 0 Å². The quantitative estimate of drug-likeness (QED) is 0.768. The Morgan fingerprint density at radius 1 is 1.44 bits per heavy atom. The lowest BCUT2D eigenvalue weighted by molar-refractivity contribution is -0.115. The Bertz CT molecular complexity index is 441. The molecular weight excluding hydrogens is 204 g/mol. The van der Waals surface area contributed by atoms with Gasteiger partial charge in [0.1, 0.15) is 6.29 Å². The van der Waals surface area contributed by atoms with E-state index in [-0.39, 0.29) is 11.9 Å². The zero-order valence-electron chi connectivity index (χ0n) is 9.36. The van der Waals surface area contributed by atoms with Crippen molar-refractivity contribution in [2.45, 2.75) is 19.9 Å². The lowest BCUT2D eigenvalue weighted by Crippen LogP contribution is -2.42. The number of anilines is 2. The fraction of sp³-hybridized carbons (Fsp3) is 0.333. The molecule has 1 aliphatic heterocycles. The van der Waals surface area contributed by atoms with Gasteiger partial charge in [0.05, 0.1) is 17.9 Å². The average Bonchev–Trinajstić information content (AvgIpc) is 2.26. The molecule has 1 heterocycles. The minimum Gasteiger partial charge on any atom is -0.358 e. The highest BCUT2D eigenvalue weighted by Gasteiger charge is 2.23. The van der Waals surface area contributed by atoms with E-state index in [0.29, 0.717) is 12.1 Å². The van der Waals surface area contributed by atoms with E-state index in [4.69, 9.17) is 0 Å². The lowest BCUT2D eigenvalue weighted by Gasteiger charge is -2.34. The van der Waals surface area contributed by atoms with Crippen LogP contribution in [-0.4, -0.2) is 24.8 Å². The number of nitrogens with zero attached hydrogens (tertiary/aromatic N) is 1. The van der Waals surface area contributed by atoms with Crippen LogP contribution in [0.15, 0.2) is 18.2 Å². The molecule has 84 valence electrons. The van der Waals surface area contributed by atoms with Crippen LogP contribution in [0.4, 0.5) is 11.4 Å². The second-order valence-corrected chi connectivity index (χ2v) is 4.16. The van der Waals surface area contributed by atoms with Crippen LogP contribution in [0.1, 0.15) is 24.2 Å². The van der Waals surface area contributed by atoms with Gasteiger partial charge in [-0.3, -0.25) is 9.59 Å². The number of carbonyl (C=O) groups is 2. The van der Waals surface area contributed by atoms with Gasteiger partial charge in [-0.15, -0.1) is 0 Å². The highest BCUT2D eigenvalue weighted by molar-refractivity contribution is 6.02. The Hall–Kier alpha value is -1.84. The third-order valence-electron chi connectivity index (χ3n) is 2.68. The topological polar surface area (TPSA) is 49.4 Å². The molecule has 0 saturated carbocycles. The molecule has 0 bridgehead atoms. The molecule has 1 aromatic carbocycles. The van der Waals surface area contributed by atoms with E-state index in [1.165, 1.54) is 0 Å². The van der Waals surface area contributed by atoms with Gasteiger partial charge in [-0.2, -0.15) is 0 Å². The molecule has 1 amide bonds. The maximum Gasteiger partial charge on any atom is 0.243 e. The molecule has 0 spiro atoms. The normalized spacial score (nSPS) is 14.7. The standard InChI is InChI=1S/C12H14N2O2/c1-8(2)14-6-12(16)13-10-5-9(7-15)3-4-11(10)14/h3-5,7-8H,6H2,1-2H3,(H,13,16). The summed E-state index contributed by atoms with van der Waals surface area (Å²) in [5.74, 6) is -0.0377. The fourth-order valence-corrected chi connectivity index (χ4v) is 1.87. The van der Waals surface area contributed by atoms with Crippen molar-refractivity contribution >= 4 is 23.6 Å².